The number of benzene rings is 2. The van der Waals surface area contributed by atoms with Crippen molar-refractivity contribution in [1.29, 1.82) is 0 Å². The van der Waals surface area contributed by atoms with Gasteiger partial charge in [-0.2, -0.15) is 0 Å². The molecule has 30 heavy (non-hydrogen) atoms. The molecule has 162 valence electrons. The Morgan fingerprint density at radius 1 is 1.10 bits per heavy atom. The molecule has 0 saturated heterocycles. The van der Waals surface area contributed by atoms with Crippen LogP contribution >= 0.6 is 11.6 Å². The Morgan fingerprint density at radius 2 is 1.73 bits per heavy atom. The van der Waals surface area contributed by atoms with Gasteiger partial charge in [0.1, 0.15) is 5.75 Å². The maximum Gasteiger partial charge on any atom is 0.259 e. The van der Waals surface area contributed by atoms with Crippen LogP contribution in [0.15, 0.2) is 47.4 Å². The molecule has 0 fully saturated rings. The average Bonchev–Trinajstić information content (AvgIpc) is 2.66. The molecule has 0 atom stereocenters. The van der Waals surface area contributed by atoms with E-state index >= 15 is 0 Å². The minimum absolute atomic E-state index is 0.0280. The van der Waals surface area contributed by atoms with Crippen LogP contribution in [-0.4, -0.2) is 51.9 Å². The molecule has 2 rings (SSSR count). The van der Waals surface area contributed by atoms with E-state index in [4.69, 9.17) is 16.3 Å². The van der Waals surface area contributed by atoms with Crippen molar-refractivity contribution in [3.05, 3.63) is 53.1 Å². The van der Waals surface area contributed by atoms with Gasteiger partial charge in [-0.05, 0) is 56.3 Å². The van der Waals surface area contributed by atoms with E-state index in [2.05, 4.69) is 10.0 Å². The number of amides is 2. The summed E-state index contributed by atoms with van der Waals surface area (Å²) in [7, 11) is -0.499. The van der Waals surface area contributed by atoms with Gasteiger partial charge >= 0.3 is 0 Å². The van der Waals surface area contributed by atoms with Gasteiger partial charge in [0.2, 0.25) is 10.0 Å². The summed E-state index contributed by atoms with van der Waals surface area (Å²) in [5.41, 5.74) is 0.483. The van der Waals surface area contributed by atoms with Crippen LogP contribution in [-0.2, 0) is 14.8 Å². The summed E-state index contributed by atoms with van der Waals surface area (Å²) in [6.07, 6.45) is 0. The first-order chi connectivity index (χ1) is 14.0. The summed E-state index contributed by atoms with van der Waals surface area (Å²) in [6, 6.07) is 10.0. The molecule has 0 heterocycles. The molecule has 2 amide bonds. The van der Waals surface area contributed by atoms with Gasteiger partial charge in [0.25, 0.3) is 11.8 Å². The van der Waals surface area contributed by atoms with E-state index in [9.17, 15) is 18.0 Å². The minimum Gasteiger partial charge on any atom is -0.484 e. The maximum absolute atomic E-state index is 12.6. The fraction of sp³-hybridized carbons (Fsp3) is 0.300. The summed E-state index contributed by atoms with van der Waals surface area (Å²) >= 11 is 6.10. The van der Waals surface area contributed by atoms with Crippen molar-refractivity contribution in [2.75, 3.05) is 26.0 Å². The number of sulfonamides is 1. The number of nitrogens with one attached hydrogen (secondary N) is 2. The Labute approximate surface area is 181 Å². The molecule has 0 aromatic heterocycles. The summed E-state index contributed by atoms with van der Waals surface area (Å²) < 4.78 is 32.5. The number of carbonyl (C=O) groups excluding carboxylic acids is 2. The van der Waals surface area contributed by atoms with Crippen LogP contribution in [0, 0.1) is 0 Å². The van der Waals surface area contributed by atoms with Crippen LogP contribution in [0.5, 0.6) is 5.75 Å². The normalized spacial score (nSPS) is 11.3. The van der Waals surface area contributed by atoms with Crippen LogP contribution in [0.2, 0.25) is 5.02 Å². The maximum atomic E-state index is 12.6. The van der Waals surface area contributed by atoms with Crippen molar-refractivity contribution in [3.8, 4) is 5.75 Å². The van der Waals surface area contributed by atoms with Gasteiger partial charge in [-0.15, -0.1) is 0 Å². The molecule has 0 saturated carbocycles. The van der Waals surface area contributed by atoms with Crippen molar-refractivity contribution >= 4 is 39.1 Å². The fourth-order valence-corrected chi connectivity index (χ4v) is 3.81. The molecule has 0 bridgehead atoms. The van der Waals surface area contributed by atoms with E-state index in [0.717, 1.165) is 0 Å². The zero-order chi connectivity index (χ0) is 22.5. The van der Waals surface area contributed by atoms with Crippen molar-refractivity contribution < 1.29 is 22.7 Å². The van der Waals surface area contributed by atoms with Crippen molar-refractivity contribution in [2.45, 2.75) is 24.8 Å². The third kappa shape index (κ3) is 6.45. The summed E-state index contributed by atoms with van der Waals surface area (Å²) in [5, 5.41) is 2.78. The highest BCUT2D eigenvalue weighted by Crippen LogP contribution is 2.23. The Morgan fingerprint density at radius 3 is 2.30 bits per heavy atom. The van der Waals surface area contributed by atoms with Crippen LogP contribution in [0.4, 0.5) is 5.69 Å². The molecule has 0 unspecified atom stereocenters. The third-order valence-corrected chi connectivity index (χ3v) is 5.84. The second kappa shape index (κ2) is 9.92. The van der Waals surface area contributed by atoms with E-state index in [-0.39, 0.29) is 34.0 Å². The highest BCUT2D eigenvalue weighted by molar-refractivity contribution is 7.89. The smallest absolute Gasteiger partial charge is 0.259 e. The van der Waals surface area contributed by atoms with Gasteiger partial charge in [-0.3, -0.25) is 9.59 Å². The highest BCUT2D eigenvalue weighted by atomic mass is 35.5. The number of halogens is 1. The first-order valence-electron chi connectivity index (χ1n) is 9.06. The monoisotopic (exact) mass is 453 g/mol. The first-order valence-corrected chi connectivity index (χ1v) is 10.9. The van der Waals surface area contributed by atoms with Gasteiger partial charge in [0.15, 0.2) is 6.61 Å². The van der Waals surface area contributed by atoms with Crippen LogP contribution in [0.25, 0.3) is 0 Å². The number of ether oxygens (including phenoxy) is 1. The lowest BCUT2D eigenvalue weighted by Gasteiger charge is -2.13. The molecule has 10 heteroatoms. The lowest BCUT2D eigenvalue weighted by molar-refractivity contribution is -0.130. The molecule has 0 aliphatic heterocycles. The molecule has 0 spiro atoms. The zero-order valence-corrected chi connectivity index (χ0v) is 18.7. The number of rotatable bonds is 8. The average molecular weight is 454 g/mol. The molecule has 8 nitrogen and oxygen atoms in total. The van der Waals surface area contributed by atoms with E-state index in [1.807, 2.05) is 0 Å². The van der Waals surface area contributed by atoms with Gasteiger partial charge < -0.3 is 15.0 Å². The van der Waals surface area contributed by atoms with Crippen molar-refractivity contribution in [1.82, 2.24) is 9.62 Å². The molecule has 0 aliphatic rings. The Hall–Kier alpha value is -2.62. The van der Waals surface area contributed by atoms with E-state index in [1.54, 1.807) is 52.2 Å². The second-order valence-electron chi connectivity index (χ2n) is 6.97. The summed E-state index contributed by atoms with van der Waals surface area (Å²) in [6.45, 7) is 3.30. The number of likely N-dealkylation sites (N-methyl/N-ethyl adjacent to an activating group) is 1. The van der Waals surface area contributed by atoms with Gasteiger partial charge in [0, 0.05) is 25.8 Å². The molecule has 2 aromatic rings. The molecular formula is C20H24ClN3O5S. The lowest BCUT2D eigenvalue weighted by atomic mass is 10.2. The molecule has 2 N–H and O–H groups in total. The SMILES string of the molecule is CC(C)NS(=O)(=O)c1ccc(Cl)c(C(=O)Nc2ccc(OCC(=O)N(C)C)cc2)c1. The third-order valence-electron chi connectivity index (χ3n) is 3.86. The standard InChI is InChI=1S/C20H24ClN3O5S/c1-13(2)23-30(27,28)16-9-10-18(21)17(11-16)20(26)22-14-5-7-15(8-6-14)29-12-19(25)24(3)4/h5-11,13,23H,12H2,1-4H3,(H,22,26). The van der Waals surface area contributed by atoms with E-state index in [1.165, 1.54) is 23.1 Å². The topological polar surface area (TPSA) is 105 Å². The molecule has 0 aliphatic carbocycles. The second-order valence-corrected chi connectivity index (χ2v) is 9.09. The minimum atomic E-state index is -3.77. The first kappa shape index (κ1) is 23.7. The van der Waals surface area contributed by atoms with Gasteiger partial charge in [-0.25, -0.2) is 13.1 Å². The van der Waals surface area contributed by atoms with E-state index < -0.39 is 15.9 Å². The molecular weight excluding hydrogens is 430 g/mol. The predicted octanol–water partition coefficient (Wildman–Crippen LogP) is 2.75. The molecule has 0 radical (unpaired) electrons. The van der Waals surface area contributed by atoms with Crippen LogP contribution in [0.3, 0.4) is 0 Å². The van der Waals surface area contributed by atoms with Gasteiger partial charge in [0.05, 0.1) is 15.5 Å². The zero-order valence-electron chi connectivity index (χ0n) is 17.1. The number of hydrogen-bond acceptors (Lipinski definition) is 5. The van der Waals surface area contributed by atoms with Gasteiger partial charge in [-0.1, -0.05) is 11.6 Å². The largest absolute Gasteiger partial charge is 0.484 e. The quantitative estimate of drug-likeness (QED) is 0.639. The van der Waals surface area contributed by atoms with Crippen molar-refractivity contribution in [3.63, 3.8) is 0 Å². The Bertz CT molecular complexity index is 1020. The lowest BCUT2D eigenvalue weighted by Crippen LogP contribution is -2.30. The van der Waals surface area contributed by atoms with Crippen LogP contribution in [0.1, 0.15) is 24.2 Å². The predicted molar refractivity (Wildman–Crippen MR) is 115 cm³/mol. The summed E-state index contributed by atoms with van der Waals surface area (Å²) in [5.74, 6) is -0.268. The number of anilines is 1. The van der Waals surface area contributed by atoms with Crippen LogP contribution < -0.4 is 14.8 Å². The Kier molecular flexibility index (Phi) is 7.83. The molecule has 2 aromatic carbocycles. The fourth-order valence-electron chi connectivity index (χ4n) is 2.33. The van der Waals surface area contributed by atoms with Crippen molar-refractivity contribution in [2.24, 2.45) is 0 Å². The van der Waals surface area contributed by atoms with E-state index in [0.29, 0.717) is 11.4 Å². The number of nitrogens with zero attached hydrogens (tertiary/aromatic N) is 1. The Balaban J connectivity index is 2.12. The summed E-state index contributed by atoms with van der Waals surface area (Å²) in [4.78, 5) is 25.5. The number of carbonyl (C=O) groups is 2. The number of hydrogen-bond donors (Lipinski definition) is 2. The highest BCUT2D eigenvalue weighted by Gasteiger charge is 2.19.